The summed E-state index contributed by atoms with van der Waals surface area (Å²) in [7, 11) is 0. The Hall–Kier alpha value is -3.46. The van der Waals surface area contributed by atoms with Crippen molar-refractivity contribution in [2.24, 2.45) is 0 Å². The standard InChI is InChI=1S/C18H16N6/c1-13-10-17(21-12-16-4-2-3-9-20-16)24-18(22-13)23-15-7-5-14(11-19)6-8-15/h2-10H,12H2,1H3,(H2,21,22,23,24). The lowest BCUT2D eigenvalue weighted by molar-refractivity contribution is 1.01. The van der Waals surface area contributed by atoms with E-state index in [1.165, 1.54) is 0 Å². The first kappa shape index (κ1) is 15.4. The van der Waals surface area contributed by atoms with E-state index in [0.717, 1.165) is 22.9 Å². The van der Waals surface area contributed by atoms with Crippen molar-refractivity contribution in [1.82, 2.24) is 15.0 Å². The second-order valence-corrected chi connectivity index (χ2v) is 5.21. The zero-order valence-electron chi connectivity index (χ0n) is 13.2. The van der Waals surface area contributed by atoms with Gasteiger partial charge in [-0.3, -0.25) is 4.98 Å². The molecule has 0 aliphatic carbocycles. The molecule has 0 fully saturated rings. The van der Waals surface area contributed by atoms with Gasteiger partial charge in [0.15, 0.2) is 0 Å². The molecular weight excluding hydrogens is 300 g/mol. The van der Waals surface area contributed by atoms with Crippen LogP contribution in [0.15, 0.2) is 54.7 Å². The molecule has 0 amide bonds. The van der Waals surface area contributed by atoms with Gasteiger partial charge in [0.05, 0.1) is 23.9 Å². The number of benzene rings is 1. The molecule has 1 aromatic carbocycles. The van der Waals surface area contributed by atoms with Crippen LogP contribution in [-0.2, 0) is 6.54 Å². The Balaban J connectivity index is 1.72. The molecule has 0 unspecified atom stereocenters. The van der Waals surface area contributed by atoms with Gasteiger partial charge < -0.3 is 10.6 Å². The molecule has 0 saturated heterocycles. The smallest absolute Gasteiger partial charge is 0.229 e. The van der Waals surface area contributed by atoms with Crippen molar-refractivity contribution >= 4 is 17.5 Å². The predicted molar refractivity (Wildman–Crippen MR) is 92.8 cm³/mol. The van der Waals surface area contributed by atoms with Gasteiger partial charge in [0.1, 0.15) is 5.82 Å². The van der Waals surface area contributed by atoms with Gasteiger partial charge in [-0.2, -0.15) is 10.2 Å². The topological polar surface area (TPSA) is 86.5 Å². The Morgan fingerprint density at radius 3 is 2.62 bits per heavy atom. The van der Waals surface area contributed by atoms with E-state index < -0.39 is 0 Å². The average molecular weight is 316 g/mol. The fourth-order valence-electron chi connectivity index (χ4n) is 2.16. The summed E-state index contributed by atoms with van der Waals surface area (Å²) in [5.74, 6) is 1.23. The highest BCUT2D eigenvalue weighted by Gasteiger charge is 2.04. The minimum absolute atomic E-state index is 0.503. The van der Waals surface area contributed by atoms with Gasteiger partial charge in [0, 0.05) is 23.6 Å². The van der Waals surface area contributed by atoms with Crippen LogP contribution in [0.3, 0.4) is 0 Å². The van der Waals surface area contributed by atoms with Crippen molar-refractivity contribution in [2.45, 2.75) is 13.5 Å². The molecule has 0 radical (unpaired) electrons. The van der Waals surface area contributed by atoms with E-state index in [4.69, 9.17) is 5.26 Å². The van der Waals surface area contributed by atoms with Gasteiger partial charge in [0.25, 0.3) is 0 Å². The highest BCUT2D eigenvalue weighted by Crippen LogP contribution is 2.16. The maximum Gasteiger partial charge on any atom is 0.229 e. The molecule has 24 heavy (non-hydrogen) atoms. The third-order valence-corrected chi connectivity index (χ3v) is 3.30. The average Bonchev–Trinajstić information content (AvgIpc) is 2.61. The summed E-state index contributed by atoms with van der Waals surface area (Å²) in [6, 6.07) is 16.9. The molecule has 3 rings (SSSR count). The number of pyridine rings is 1. The van der Waals surface area contributed by atoms with Crippen molar-refractivity contribution in [3.63, 3.8) is 0 Å². The molecule has 0 saturated carbocycles. The van der Waals surface area contributed by atoms with Crippen LogP contribution in [0.5, 0.6) is 0 Å². The first-order chi connectivity index (χ1) is 11.7. The number of hydrogen-bond acceptors (Lipinski definition) is 6. The van der Waals surface area contributed by atoms with Crippen LogP contribution >= 0.6 is 0 Å². The first-order valence-corrected chi connectivity index (χ1v) is 7.49. The third kappa shape index (κ3) is 4.05. The summed E-state index contributed by atoms with van der Waals surface area (Å²) in [5.41, 5.74) is 3.23. The minimum Gasteiger partial charge on any atom is -0.364 e. The molecule has 2 N–H and O–H groups in total. The molecule has 0 aliphatic heterocycles. The second kappa shape index (κ2) is 7.20. The number of aryl methyl sites for hydroxylation is 1. The summed E-state index contributed by atoms with van der Waals surface area (Å²) in [6.45, 7) is 2.51. The van der Waals surface area contributed by atoms with Crippen molar-refractivity contribution in [1.29, 1.82) is 5.26 Å². The van der Waals surface area contributed by atoms with Gasteiger partial charge in [0.2, 0.25) is 5.95 Å². The van der Waals surface area contributed by atoms with E-state index in [0.29, 0.717) is 18.1 Å². The van der Waals surface area contributed by atoms with Crippen molar-refractivity contribution in [3.05, 3.63) is 71.7 Å². The van der Waals surface area contributed by atoms with E-state index in [-0.39, 0.29) is 0 Å². The zero-order valence-corrected chi connectivity index (χ0v) is 13.2. The van der Waals surface area contributed by atoms with E-state index in [1.54, 1.807) is 18.3 Å². The SMILES string of the molecule is Cc1cc(NCc2ccccn2)nc(Nc2ccc(C#N)cc2)n1. The Labute approximate surface area is 140 Å². The molecule has 0 spiro atoms. The van der Waals surface area contributed by atoms with Gasteiger partial charge >= 0.3 is 0 Å². The predicted octanol–water partition coefficient (Wildman–Crippen LogP) is 3.41. The van der Waals surface area contributed by atoms with Crippen LogP contribution in [0, 0.1) is 18.3 Å². The Morgan fingerprint density at radius 1 is 1.08 bits per heavy atom. The van der Waals surface area contributed by atoms with Crippen molar-refractivity contribution in [3.8, 4) is 6.07 Å². The molecule has 118 valence electrons. The monoisotopic (exact) mass is 316 g/mol. The van der Waals surface area contributed by atoms with Crippen LogP contribution < -0.4 is 10.6 Å². The van der Waals surface area contributed by atoms with Gasteiger partial charge in [-0.25, -0.2) is 4.98 Å². The Bertz CT molecular complexity index is 853. The van der Waals surface area contributed by atoms with Gasteiger partial charge in [-0.05, 0) is 43.3 Å². The second-order valence-electron chi connectivity index (χ2n) is 5.21. The molecule has 2 aromatic heterocycles. The maximum absolute atomic E-state index is 8.84. The molecule has 6 heteroatoms. The number of nitrogens with zero attached hydrogens (tertiary/aromatic N) is 4. The molecule has 0 atom stereocenters. The highest BCUT2D eigenvalue weighted by atomic mass is 15.1. The lowest BCUT2D eigenvalue weighted by atomic mass is 10.2. The molecule has 2 heterocycles. The summed E-state index contributed by atoms with van der Waals surface area (Å²) < 4.78 is 0. The zero-order chi connectivity index (χ0) is 16.8. The van der Waals surface area contributed by atoms with Crippen LogP contribution in [-0.4, -0.2) is 15.0 Å². The summed E-state index contributed by atoms with van der Waals surface area (Å²) >= 11 is 0. The van der Waals surface area contributed by atoms with Gasteiger partial charge in [-0.1, -0.05) is 6.07 Å². The number of nitrogens with one attached hydrogen (secondary N) is 2. The quantitative estimate of drug-likeness (QED) is 0.750. The van der Waals surface area contributed by atoms with Crippen molar-refractivity contribution in [2.75, 3.05) is 10.6 Å². The Kier molecular flexibility index (Phi) is 4.63. The molecule has 0 aliphatic rings. The highest BCUT2D eigenvalue weighted by molar-refractivity contribution is 5.56. The maximum atomic E-state index is 8.84. The lowest BCUT2D eigenvalue weighted by Crippen LogP contribution is -2.06. The normalized spacial score (nSPS) is 10.0. The Morgan fingerprint density at radius 2 is 1.92 bits per heavy atom. The largest absolute Gasteiger partial charge is 0.364 e. The molecule has 3 aromatic rings. The van der Waals surface area contributed by atoms with E-state index in [2.05, 4.69) is 31.7 Å². The van der Waals surface area contributed by atoms with E-state index >= 15 is 0 Å². The van der Waals surface area contributed by atoms with Crippen LogP contribution in [0.4, 0.5) is 17.5 Å². The molecule has 6 nitrogen and oxygen atoms in total. The number of aromatic nitrogens is 3. The third-order valence-electron chi connectivity index (χ3n) is 3.30. The lowest BCUT2D eigenvalue weighted by Gasteiger charge is -2.10. The fourth-order valence-corrected chi connectivity index (χ4v) is 2.16. The fraction of sp³-hybridized carbons (Fsp3) is 0.111. The van der Waals surface area contributed by atoms with Crippen LogP contribution in [0.25, 0.3) is 0 Å². The molecule has 0 bridgehead atoms. The minimum atomic E-state index is 0.503. The first-order valence-electron chi connectivity index (χ1n) is 7.49. The van der Waals surface area contributed by atoms with Crippen LogP contribution in [0.1, 0.15) is 17.0 Å². The summed E-state index contributed by atoms with van der Waals surface area (Å²) in [5, 5.41) is 15.2. The number of anilines is 3. The summed E-state index contributed by atoms with van der Waals surface area (Å²) in [4.78, 5) is 13.1. The number of nitriles is 1. The molecular formula is C18H16N6. The number of rotatable bonds is 5. The number of hydrogen-bond donors (Lipinski definition) is 2. The van der Waals surface area contributed by atoms with E-state index in [1.807, 2.05) is 43.3 Å². The van der Waals surface area contributed by atoms with Crippen LogP contribution in [0.2, 0.25) is 0 Å². The summed E-state index contributed by atoms with van der Waals surface area (Å²) in [6.07, 6.45) is 1.76. The van der Waals surface area contributed by atoms with E-state index in [9.17, 15) is 0 Å². The van der Waals surface area contributed by atoms with Crippen molar-refractivity contribution < 1.29 is 0 Å². The van der Waals surface area contributed by atoms with Gasteiger partial charge in [-0.15, -0.1) is 0 Å².